The van der Waals surface area contributed by atoms with Gasteiger partial charge in [0.15, 0.2) is 0 Å². The number of imide groups is 1. The van der Waals surface area contributed by atoms with Gasteiger partial charge in [0.2, 0.25) is 0 Å². The predicted molar refractivity (Wildman–Crippen MR) is 123 cm³/mol. The molecule has 0 aliphatic carbocycles. The number of anilines is 2. The molecule has 0 radical (unpaired) electrons. The molecule has 166 valence electrons. The summed E-state index contributed by atoms with van der Waals surface area (Å²) in [6, 6.07) is 16.6. The second-order valence-corrected chi connectivity index (χ2v) is 7.90. The van der Waals surface area contributed by atoms with Gasteiger partial charge >= 0.3 is 5.97 Å². The van der Waals surface area contributed by atoms with Crippen molar-refractivity contribution in [3.63, 3.8) is 0 Å². The number of esters is 1. The van der Waals surface area contributed by atoms with Gasteiger partial charge in [0, 0.05) is 5.69 Å². The molecule has 3 aromatic rings. The Morgan fingerprint density at radius 3 is 2.12 bits per heavy atom. The van der Waals surface area contributed by atoms with E-state index in [0.717, 1.165) is 16.0 Å². The number of carbonyl (C=O) groups is 3. The van der Waals surface area contributed by atoms with E-state index in [4.69, 9.17) is 16.3 Å². The van der Waals surface area contributed by atoms with Crippen LogP contribution in [-0.4, -0.2) is 17.8 Å². The summed E-state index contributed by atoms with van der Waals surface area (Å²) >= 11 is 6.19. The summed E-state index contributed by atoms with van der Waals surface area (Å²) in [5.41, 5.74) is 2.90. The minimum atomic E-state index is -0.626. The fraction of sp³-hybridized carbons (Fsp3) is 0.0800. The van der Waals surface area contributed by atoms with E-state index in [9.17, 15) is 18.8 Å². The van der Waals surface area contributed by atoms with Crippen molar-refractivity contribution < 1.29 is 23.5 Å². The third-order valence-corrected chi connectivity index (χ3v) is 5.26. The van der Waals surface area contributed by atoms with Crippen molar-refractivity contribution in [2.24, 2.45) is 0 Å². The maximum absolute atomic E-state index is 13.0. The van der Waals surface area contributed by atoms with Gasteiger partial charge in [0.25, 0.3) is 11.8 Å². The van der Waals surface area contributed by atoms with Crippen molar-refractivity contribution in [3.8, 4) is 5.75 Å². The summed E-state index contributed by atoms with van der Waals surface area (Å²) in [6.45, 7) is 3.75. The highest BCUT2D eigenvalue weighted by molar-refractivity contribution is 6.53. The molecule has 0 fully saturated rings. The summed E-state index contributed by atoms with van der Waals surface area (Å²) in [6.07, 6.45) is 0. The molecule has 2 amide bonds. The van der Waals surface area contributed by atoms with Crippen LogP contribution in [0.1, 0.15) is 21.5 Å². The van der Waals surface area contributed by atoms with Crippen molar-refractivity contribution in [2.75, 3.05) is 10.2 Å². The molecule has 0 unspecified atom stereocenters. The van der Waals surface area contributed by atoms with E-state index < -0.39 is 23.6 Å². The SMILES string of the molecule is Cc1cc(C)cc(N2C(=O)C(Cl)=C(Nc3ccc(C(=O)Oc4ccc(F)cc4)cc3)C2=O)c1. The number of carbonyl (C=O) groups excluding carboxylic acids is 3. The Morgan fingerprint density at radius 2 is 1.52 bits per heavy atom. The number of hydrogen-bond donors (Lipinski definition) is 1. The molecule has 4 rings (SSSR count). The monoisotopic (exact) mass is 464 g/mol. The summed E-state index contributed by atoms with van der Waals surface area (Å²) in [5, 5.41) is 2.64. The largest absolute Gasteiger partial charge is 0.423 e. The zero-order valence-corrected chi connectivity index (χ0v) is 18.4. The van der Waals surface area contributed by atoms with Crippen LogP contribution < -0.4 is 15.0 Å². The second kappa shape index (κ2) is 8.88. The molecule has 0 atom stereocenters. The highest BCUT2D eigenvalue weighted by Gasteiger charge is 2.39. The number of hydrogen-bond acceptors (Lipinski definition) is 5. The maximum Gasteiger partial charge on any atom is 0.343 e. The van der Waals surface area contributed by atoms with Gasteiger partial charge in [0.05, 0.1) is 11.3 Å². The molecule has 8 heteroatoms. The van der Waals surface area contributed by atoms with Gasteiger partial charge in [-0.3, -0.25) is 9.59 Å². The number of amides is 2. The summed E-state index contributed by atoms with van der Waals surface area (Å²) in [4.78, 5) is 38.9. The minimum Gasteiger partial charge on any atom is -0.423 e. The zero-order chi connectivity index (χ0) is 23.7. The van der Waals surface area contributed by atoms with Crippen LogP contribution in [0, 0.1) is 19.7 Å². The molecule has 6 nitrogen and oxygen atoms in total. The minimum absolute atomic E-state index is 0.0533. The normalized spacial score (nSPS) is 13.5. The van der Waals surface area contributed by atoms with Crippen LogP contribution in [0.25, 0.3) is 0 Å². The van der Waals surface area contributed by atoms with Crippen molar-refractivity contribution >= 4 is 40.8 Å². The highest BCUT2D eigenvalue weighted by Crippen LogP contribution is 2.31. The lowest BCUT2D eigenvalue weighted by molar-refractivity contribution is -0.120. The fourth-order valence-electron chi connectivity index (χ4n) is 3.43. The number of benzene rings is 3. The fourth-order valence-corrected chi connectivity index (χ4v) is 3.64. The Bertz CT molecular complexity index is 1280. The molecule has 0 bridgehead atoms. The van der Waals surface area contributed by atoms with Gasteiger partial charge < -0.3 is 10.1 Å². The van der Waals surface area contributed by atoms with Crippen LogP contribution in [0.3, 0.4) is 0 Å². The van der Waals surface area contributed by atoms with Gasteiger partial charge in [-0.05, 0) is 85.6 Å². The molecule has 33 heavy (non-hydrogen) atoms. The smallest absolute Gasteiger partial charge is 0.343 e. The van der Waals surface area contributed by atoms with Crippen molar-refractivity contribution in [3.05, 3.63) is 100.0 Å². The van der Waals surface area contributed by atoms with Gasteiger partial charge in [0.1, 0.15) is 22.3 Å². The molecule has 1 aliphatic rings. The molecule has 0 spiro atoms. The van der Waals surface area contributed by atoms with Crippen molar-refractivity contribution in [1.29, 1.82) is 0 Å². The molecule has 3 aromatic carbocycles. The van der Waals surface area contributed by atoms with Crippen LogP contribution in [0.15, 0.2) is 77.5 Å². The van der Waals surface area contributed by atoms with Crippen molar-refractivity contribution in [1.82, 2.24) is 0 Å². The molecule has 0 saturated carbocycles. The topological polar surface area (TPSA) is 75.7 Å². The lowest BCUT2D eigenvalue weighted by Crippen LogP contribution is -2.32. The quantitative estimate of drug-likeness (QED) is 0.323. The molecular formula is C25H18ClFN2O4. The number of nitrogens with zero attached hydrogens (tertiary/aromatic N) is 1. The van der Waals surface area contributed by atoms with E-state index in [2.05, 4.69) is 5.32 Å². The first-order valence-corrected chi connectivity index (χ1v) is 10.3. The Labute approximate surface area is 194 Å². The van der Waals surface area contributed by atoms with E-state index in [0.29, 0.717) is 11.4 Å². The van der Waals surface area contributed by atoms with Gasteiger partial charge in [-0.15, -0.1) is 0 Å². The van der Waals surface area contributed by atoms with Crippen LogP contribution >= 0.6 is 11.6 Å². The van der Waals surface area contributed by atoms with Crippen LogP contribution in [0.5, 0.6) is 5.75 Å². The lowest BCUT2D eigenvalue weighted by atomic mass is 10.1. The van der Waals surface area contributed by atoms with E-state index in [-0.39, 0.29) is 22.0 Å². The Hall–Kier alpha value is -3.97. The maximum atomic E-state index is 13.0. The third-order valence-electron chi connectivity index (χ3n) is 4.91. The predicted octanol–water partition coefficient (Wildman–Crippen LogP) is 5.10. The van der Waals surface area contributed by atoms with E-state index >= 15 is 0 Å². The molecule has 0 saturated heterocycles. The lowest BCUT2D eigenvalue weighted by Gasteiger charge is -2.16. The van der Waals surface area contributed by atoms with Gasteiger partial charge in [-0.25, -0.2) is 14.1 Å². The first kappa shape index (κ1) is 22.2. The number of ether oxygens (including phenoxy) is 1. The highest BCUT2D eigenvalue weighted by atomic mass is 35.5. The molecule has 1 N–H and O–H groups in total. The first-order valence-electron chi connectivity index (χ1n) is 9.94. The average molecular weight is 465 g/mol. The zero-order valence-electron chi connectivity index (χ0n) is 17.7. The summed E-state index contributed by atoms with van der Waals surface area (Å²) in [7, 11) is 0. The van der Waals surface area contributed by atoms with Crippen LogP contribution in [0.4, 0.5) is 15.8 Å². The number of nitrogens with one attached hydrogen (secondary N) is 1. The Balaban J connectivity index is 1.49. The van der Waals surface area contributed by atoms with E-state index in [1.165, 1.54) is 36.4 Å². The summed E-state index contributed by atoms with van der Waals surface area (Å²) < 4.78 is 18.2. The number of halogens is 2. The Morgan fingerprint density at radius 1 is 0.909 bits per heavy atom. The standard InChI is InChI=1S/C25H18ClFN2O4/c1-14-11-15(2)13-19(12-14)29-23(30)21(26)22(24(29)31)28-18-7-3-16(4-8-18)25(32)33-20-9-5-17(27)6-10-20/h3-13,28H,1-2H3. The molecule has 1 heterocycles. The van der Waals surface area contributed by atoms with E-state index in [1.54, 1.807) is 24.3 Å². The van der Waals surface area contributed by atoms with Gasteiger partial charge in [-0.2, -0.15) is 0 Å². The third kappa shape index (κ3) is 4.63. The molecule has 1 aliphatic heterocycles. The second-order valence-electron chi connectivity index (χ2n) is 7.53. The van der Waals surface area contributed by atoms with Crippen LogP contribution in [0.2, 0.25) is 0 Å². The van der Waals surface area contributed by atoms with Crippen molar-refractivity contribution in [2.45, 2.75) is 13.8 Å². The number of aryl methyl sites for hydroxylation is 2. The van der Waals surface area contributed by atoms with Gasteiger partial charge in [-0.1, -0.05) is 17.7 Å². The first-order chi connectivity index (χ1) is 15.7. The van der Waals surface area contributed by atoms with E-state index in [1.807, 2.05) is 19.9 Å². The molecular weight excluding hydrogens is 447 g/mol. The summed E-state index contributed by atoms with van der Waals surface area (Å²) in [5.74, 6) is -2.04. The molecule has 0 aromatic heterocycles. The number of rotatable bonds is 5. The average Bonchev–Trinajstić information content (AvgIpc) is 2.98. The van der Waals surface area contributed by atoms with Crippen LogP contribution in [-0.2, 0) is 9.59 Å². The Kier molecular flexibility index (Phi) is 5.98.